The van der Waals surface area contributed by atoms with Gasteiger partial charge in [0.25, 0.3) is 0 Å². The summed E-state index contributed by atoms with van der Waals surface area (Å²) in [5.41, 5.74) is 2.24. The standard InChI is InChI=1S/C13H16N2/c1-9(2)14-13-10(3)8-11-6-4-5-7-12(11)15-13/h4-9H,1-3H3,(H,14,15). The third-order valence-electron chi connectivity index (χ3n) is 2.34. The minimum absolute atomic E-state index is 0.414. The fraction of sp³-hybridized carbons (Fsp3) is 0.308. The normalized spacial score (nSPS) is 10.9. The summed E-state index contributed by atoms with van der Waals surface area (Å²) >= 11 is 0. The zero-order valence-electron chi connectivity index (χ0n) is 9.41. The highest BCUT2D eigenvalue weighted by Crippen LogP contribution is 2.19. The van der Waals surface area contributed by atoms with Crippen LogP contribution < -0.4 is 5.32 Å². The van der Waals surface area contributed by atoms with Crippen LogP contribution in [0.2, 0.25) is 0 Å². The average Bonchev–Trinajstić information content (AvgIpc) is 2.18. The molecule has 1 aromatic heterocycles. The van der Waals surface area contributed by atoms with Gasteiger partial charge in [0.15, 0.2) is 0 Å². The fourth-order valence-electron chi connectivity index (χ4n) is 1.64. The number of hydrogen-bond acceptors (Lipinski definition) is 2. The van der Waals surface area contributed by atoms with Crippen molar-refractivity contribution in [3.8, 4) is 0 Å². The molecule has 0 saturated heterocycles. The fourth-order valence-corrected chi connectivity index (χ4v) is 1.64. The Labute approximate surface area is 90.3 Å². The van der Waals surface area contributed by atoms with Gasteiger partial charge in [-0.05, 0) is 38.5 Å². The summed E-state index contributed by atoms with van der Waals surface area (Å²) < 4.78 is 0. The summed E-state index contributed by atoms with van der Waals surface area (Å²) in [4.78, 5) is 4.60. The molecule has 0 aliphatic heterocycles. The molecule has 0 unspecified atom stereocenters. The highest BCUT2D eigenvalue weighted by Gasteiger charge is 2.03. The monoisotopic (exact) mass is 200 g/mol. The van der Waals surface area contributed by atoms with Crippen LogP contribution in [0.5, 0.6) is 0 Å². The molecule has 0 amide bonds. The zero-order valence-corrected chi connectivity index (χ0v) is 9.41. The Morgan fingerprint density at radius 2 is 1.93 bits per heavy atom. The molecule has 2 heteroatoms. The van der Waals surface area contributed by atoms with Gasteiger partial charge >= 0.3 is 0 Å². The summed E-state index contributed by atoms with van der Waals surface area (Å²) in [5, 5.41) is 4.55. The van der Waals surface area contributed by atoms with Crippen molar-refractivity contribution >= 4 is 16.7 Å². The number of aryl methyl sites for hydroxylation is 1. The van der Waals surface area contributed by atoms with Crippen LogP contribution in [0, 0.1) is 6.92 Å². The van der Waals surface area contributed by atoms with Gasteiger partial charge < -0.3 is 5.32 Å². The van der Waals surface area contributed by atoms with Gasteiger partial charge in [-0.1, -0.05) is 18.2 Å². The molecule has 2 rings (SSSR count). The van der Waals surface area contributed by atoms with Gasteiger partial charge in [-0.15, -0.1) is 0 Å². The maximum atomic E-state index is 4.60. The minimum atomic E-state index is 0.414. The third-order valence-corrected chi connectivity index (χ3v) is 2.34. The highest BCUT2D eigenvalue weighted by atomic mass is 15.0. The molecule has 78 valence electrons. The van der Waals surface area contributed by atoms with Gasteiger partial charge in [0.05, 0.1) is 5.52 Å². The second-order valence-corrected chi connectivity index (χ2v) is 4.15. The van der Waals surface area contributed by atoms with E-state index in [0.717, 1.165) is 11.3 Å². The molecule has 0 spiro atoms. The van der Waals surface area contributed by atoms with Gasteiger partial charge in [0, 0.05) is 11.4 Å². The molecule has 1 N–H and O–H groups in total. The van der Waals surface area contributed by atoms with Crippen molar-refractivity contribution in [3.05, 3.63) is 35.9 Å². The molecule has 0 atom stereocenters. The second-order valence-electron chi connectivity index (χ2n) is 4.15. The third kappa shape index (κ3) is 2.09. The van der Waals surface area contributed by atoms with Crippen LogP contribution in [0.4, 0.5) is 5.82 Å². The van der Waals surface area contributed by atoms with Crippen LogP contribution in [0.15, 0.2) is 30.3 Å². The SMILES string of the molecule is Cc1cc2ccccc2nc1NC(C)C. The Morgan fingerprint density at radius 3 is 2.67 bits per heavy atom. The smallest absolute Gasteiger partial charge is 0.129 e. The largest absolute Gasteiger partial charge is 0.368 e. The van der Waals surface area contributed by atoms with E-state index in [2.05, 4.69) is 43.2 Å². The quantitative estimate of drug-likeness (QED) is 0.804. The Kier molecular flexibility index (Phi) is 2.58. The lowest BCUT2D eigenvalue weighted by Crippen LogP contribution is -2.12. The van der Waals surface area contributed by atoms with Crippen molar-refractivity contribution in [2.24, 2.45) is 0 Å². The van der Waals surface area contributed by atoms with Crippen LogP contribution in [0.1, 0.15) is 19.4 Å². The van der Waals surface area contributed by atoms with Crippen LogP contribution in [0.3, 0.4) is 0 Å². The summed E-state index contributed by atoms with van der Waals surface area (Å²) in [7, 11) is 0. The molecule has 1 heterocycles. The van der Waals surface area contributed by atoms with Crippen molar-refractivity contribution in [3.63, 3.8) is 0 Å². The Bertz CT molecular complexity index is 475. The highest BCUT2D eigenvalue weighted by molar-refractivity contribution is 5.81. The van der Waals surface area contributed by atoms with Gasteiger partial charge in [0.2, 0.25) is 0 Å². The predicted octanol–water partition coefficient (Wildman–Crippen LogP) is 3.36. The number of aromatic nitrogens is 1. The minimum Gasteiger partial charge on any atom is -0.368 e. The molecule has 2 nitrogen and oxygen atoms in total. The first kappa shape index (κ1) is 9.97. The van der Waals surface area contributed by atoms with Crippen LogP contribution >= 0.6 is 0 Å². The van der Waals surface area contributed by atoms with Gasteiger partial charge in [-0.2, -0.15) is 0 Å². The number of nitrogens with zero attached hydrogens (tertiary/aromatic N) is 1. The van der Waals surface area contributed by atoms with Gasteiger partial charge in [-0.3, -0.25) is 0 Å². The molecule has 0 fully saturated rings. The van der Waals surface area contributed by atoms with Gasteiger partial charge in [0.1, 0.15) is 5.82 Å². The van der Waals surface area contributed by atoms with E-state index in [4.69, 9.17) is 0 Å². The van der Waals surface area contributed by atoms with Crippen molar-refractivity contribution in [1.29, 1.82) is 0 Å². The maximum absolute atomic E-state index is 4.60. The summed E-state index contributed by atoms with van der Waals surface area (Å²) in [5.74, 6) is 0.990. The zero-order chi connectivity index (χ0) is 10.8. The molecule has 2 aromatic rings. The van der Waals surface area contributed by atoms with Gasteiger partial charge in [-0.25, -0.2) is 4.98 Å². The summed E-state index contributed by atoms with van der Waals surface area (Å²) in [6.07, 6.45) is 0. The average molecular weight is 200 g/mol. The lowest BCUT2D eigenvalue weighted by molar-refractivity contribution is 0.888. The molecule has 0 aliphatic rings. The summed E-state index contributed by atoms with van der Waals surface area (Å²) in [6, 6.07) is 10.8. The van der Waals surface area contributed by atoms with E-state index in [1.54, 1.807) is 0 Å². The number of hydrogen-bond donors (Lipinski definition) is 1. The van der Waals surface area contributed by atoms with E-state index >= 15 is 0 Å². The van der Waals surface area contributed by atoms with E-state index in [1.807, 2.05) is 18.2 Å². The molecule has 0 radical (unpaired) electrons. The lowest BCUT2D eigenvalue weighted by atomic mass is 10.1. The van der Waals surface area contributed by atoms with Crippen LogP contribution in [0.25, 0.3) is 10.9 Å². The first-order valence-corrected chi connectivity index (χ1v) is 5.30. The van der Waals surface area contributed by atoms with Crippen molar-refractivity contribution in [1.82, 2.24) is 4.98 Å². The van der Waals surface area contributed by atoms with Crippen LogP contribution in [-0.2, 0) is 0 Å². The lowest BCUT2D eigenvalue weighted by Gasteiger charge is -2.12. The first-order valence-electron chi connectivity index (χ1n) is 5.30. The summed E-state index contributed by atoms with van der Waals surface area (Å²) in [6.45, 7) is 6.33. The van der Waals surface area contributed by atoms with E-state index in [1.165, 1.54) is 10.9 Å². The van der Waals surface area contributed by atoms with E-state index in [0.29, 0.717) is 6.04 Å². The number of rotatable bonds is 2. The van der Waals surface area contributed by atoms with Crippen LogP contribution in [-0.4, -0.2) is 11.0 Å². The maximum Gasteiger partial charge on any atom is 0.129 e. The number of fused-ring (bicyclic) bond motifs is 1. The molecular formula is C13H16N2. The first-order chi connectivity index (χ1) is 7.16. The number of nitrogens with one attached hydrogen (secondary N) is 1. The van der Waals surface area contributed by atoms with E-state index in [-0.39, 0.29) is 0 Å². The van der Waals surface area contributed by atoms with Crippen molar-refractivity contribution < 1.29 is 0 Å². The number of para-hydroxylation sites is 1. The number of pyridine rings is 1. The predicted molar refractivity (Wildman–Crippen MR) is 65.2 cm³/mol. The second kappa shape index (κ2) is 3.89. The molecule has 1 aromatic carbocycles. The molecule has 0 saturated carbocycles. The molecule has 0 bridgehead atoms. The van der Waals surface area contributed by atoms with Crippen molar-refractivity contribution in [2.75, 3.05) is 5.32 Å². The Balaban J connectivity index is 2.52. The topological polar surface area (TPSA) is 24.9 Å². The molecule has 0 aliphatic carbocycles. The number of anilines is 1. The van der Waals surface area contributed by atoms with E-state index < -0.39 is 0 Å². The Morgan fingerprint density at radius 1 is 1.20 bits per heavy atom. The number of benzene rings is 1. The molecule has 15 heavy (non-hydrogen) atoms. The molecular weight excluding hydrogens is 184 g/mol. The Hall–Kier alpha value is -1.57. The van der Waals surface area contributed by atoms with E-state index in [9.17, 15) is 0 Å². The van der Waals surface area contributed by atoms with Crippen molar-refractivity contribution in [2.45, 2.75) is 26.8 Å².